The predicted molar refractivity (Wildman–Crippen MR) is 107 cm³/mol. The van der Waals surface area contributed by atoms with Crippen LogP contribution < -0.4 is 9.05 Å². The Balaban J connectivity index is 2.15. The molecule has 2 aromatic rings. The summed E-state index contributed by atoms with van der Waals surface area (Å²) < 4.78 is 11.9. The van der Waals surface area contributed by atoms with Crippen molar-refractivity contribution in [3.05, 3.63) is 36.4 Å². The van der Waals surface area contributed by atoms with E-state index in [0.717, 1.165) is 21.6 Å². The van der Waals surface area contributed by atoms with Crippen molar-refractivity contribution in [3.8, 4) is 11.8 Å². The van der Waals surface area contributed by atoms with Crippen LogP contribution >= 0.6 is 30.0 Å². The van der Waals surface area contributed by atoms with Crippen LogP contribution in [0.3, 0.4) is 0 Å². The van der Waals surface area contributed by atoms with Gasteiger partial charge in [-0.15, -0.1) is 23.5 Å². The molecule has 2 rings (SSSR count). The van der Waals surface area contributed by atoms with Gasteiger partial charge in [0.05, 0.1) is 0 Å². The molecule has 2 heterocycles. The van der Waals surface area contributed by atoms with Crippen LogP contribution in [0.4, 0.5) is 0 Å². The largest absolute Gasteiger partial charge is 0.417 e. The van der Waals surface area contributed by atoms with Gasteiger partial charge in [0.25, 0.3) is 6.49 Å². The first-order valence-corrected chi connectivity index (χ1v) is 12.6. The first-order chi connectivity index (χ1) is 11.6. The van der Waals surface area contributed by atoms with Crippen molar-refractivity contribution in [2.45, 2.75) is 30.8 Å². The van der Waals surface area contributed by atoms with E-state index in [1.165, 1.54) is 0 Å². The number of aromatic nitrogens is 2. The monoisotopic (exact) mass is 400 g/mol. The van der Waals surface area contributed by atoms with Crippen molar-refractivity contribution < 1.29 is 9.05 Å². The topological polar surface area (TPSA) is 44.2 Å². The molecule has 24 heavy (non-hydrogen) atoms. The zero-order valence-corrected chi connectivity index (χ0v) is 17.3. The first kappa shape index (κ1) is 19.6. The molecule has 0 aliphatic carbocycles. The Morgan fingerprint density at radius 3 is 1.71 bits per heavy atom. The molecule has 8 heteroatoms. The first-order valence-electron chi connectivity index (χ1n) is 7.76. The highest BCUT2D eigenvalue weighted by molar-refractivity contribution is 8.10. The molecule has 4 nitrogen and oxygen atoms in total. The van der Waals surface area contributed by atoms with Gasteiger partial charge in [-0.1, -0.05) is 32.9 Å². The summed E-state index contributed by atoms with van der Waals surface area (Å²) in [6.07, 6.45) is 0.599. The molecule has 0 atom stereocenters. The maximum Gasteiger partial charge on any atom is 0.290 e. The minimum Gasteiger partial charge on any atom is -0.417 e. The fourth-order valence-corrected chi connectivity index (χ4v) is 4.56. The molecular formula is C16H21N2O2PS3. The highest BCUT2D eigenvalue weighted by atomic mass is 32.5. The molecule has 0 radical (unpaired) electrons. The number of pyridine rings is 2. The van der Waals surface area contributed by atoms with Crippen LogP contribution in [-0.2, 0) is 11.8 Å². The lowest BCUT2D eigenvalue weighted by Gasteiger charge is -2.21. The molecule has 0 bridgehead atoms. The Hall–Kier alpha value is -0.750. The molecule has 0 unspecified atom stereocenters. The van der Waals surface area contributed by atoms with Crippen molar-refractivity contribution in [3.63, 3.8) is 0 Å². The SMILES string of the molecule is CCSc1cccc(OP(=S)(CC)Oc2cccc(SCC)n2)n1. The van der Waals surface area contributed by atoms with Crippen molar-refractivity contribution in [1.29, 1.82) is 0 Å². The summed E-state index contributed by atoms with van der Waals surface area (Å²) in [7, 11) is 0. The van der Waals surface area contributed by atoms with Gasteiger partial charge in [-0.2, -0.15) is 0 Å². The van der Waals surface area contributed by atoms with Gasteiger partial charge in [0, 0.05) is 18.3 Å². The lowest BCUT2D eigenvalue weighted by Crippen LogP contribution is -2.05. The third kappa shape index (κ3) is 5.96. The maximum absolute atomic E-state index is 5.97. The number of hydrogen-bond donors (Lipinski definition) is 0. The van der Waals surface area contributed by atoms with E-state index in [9.17, 15) is 0 Å². The maximum atomic E-state index is 5.97. The molecule has 0 aromatic carbocycles. The average molecular weight is 401 g/mol. The highest BCUT2D eigenvalue weighted by Gasteiger charge is 2.21. The summed E-state index contributed by atoms with van der Waals surface area (Å²) in [5.74, 6) is 2.94. The minimum atomic E-state index is -2.53. The van der Waals surface area contributed by atoms with Gasteiger partial charge >= 0.3 is 0 Å². The lowest BCUT2D eigenvalue weighted by atomic mass is 10.5. The Kier molecular flexibility index (Phi) is 7.88. The molecular weight excluding hydrogens is 379 g/mol. The standard InChI is InChI=1S/C16H21N2O2PS3/c1-4-21(22,19-13-9-7-11-15(17-13)23-5-2)20-14-10-8-12-16(18-14)24-6-3/h7-12H,4-6H2,1-3H3. The fourth-order valence-electron chi connectivity index (χ4n) is 1.78. The van der Waals surface area contributed by atoms with Gasteiger partial charge in [-0.25, -0.2) is 9.97 Å². The van der Waals surface area contributed by atoms with Crippen LogP contribution in [-0.4, -0.2) is 27.6 Å². The average Bonchev–Trinajstić information content (AvgIpc) is 2.56. The van der Waals surface area contributed by atoms with Gasteiger partial charge < -0.3 is 9.05 Å². The van der Waals surface area contributed by atoms with Gasteiger partial charge in [-0.3, -0.25) is 0 Å². The zero-order valence-electron chi connectivity index (χ0n) is 14.0. The van der Waals surface area contributed by atoms with Crippen LogP contribution in [0.15, 0.2) is 46.5 Å². The second-order valence-corrected chi connectivity index (χ2v) is 11.1. The smallest absolute Gasteiger partial charge is 0.290 e. The highest BCUT2D eigenvalue weighted by Crippen LogP contribution is 2.47. The van der Waals surface area contributed by atoms with Gasteiger partial charge in [0.15, 0.2) is 0 Å². The molecule has 0 spiro atoms. The number of thioether (sulfide) groups is 2. The lowest BCUT2D eigenvalue weighted by molar-refractivity contribution is 0.462. The fraction of sp³-hybridized carbons (Fsp3) is 0.375. The molecule has 0 N–H and O–H groups in total. The molecule has 0 saturated heterocycles. The van der Waals surface area contributed by atoms with E-state index in [-0.39, 0.29) is 0 Å². The summed E-state index contributed by atoms with van der Waals surface area (Å²) in [5.41, 5.74) is 0. The van der Waals surface area contributed by atoms with E-state index in [1.807, 2.05) is 43.3 Å². The normalized spacial score (nSPS) is 11.3. The molecule has 2 aromatic heterocycles. The van der Waals surface area contributed by atoms with E-state index in [1.54, 1.807) is 23.5 Å². The number of nitrogens with zero attached hydrogens (tertiary/aromatic N) is 2. The molecule has 0 aliphatic rings. The van der Waals surface area contributed by atoms with Gasteiger partial charge in [-0.05, 0) is 35.4 Å². The van der Waals surface area contributed by atoms with Crippen molar-refractivity contribution in [1.82, 2.24) is 9.97 Å². The van der Waals surface area contributed by atoms with Gasteiger partial charge in [0.2, 0.25) is 11.8 Å². The Morgan fingerprint density at radius 2 is 1.33 bits per heavy atom. The van der Waals surface area contributed by atoms with Crippen LogP contribution in [0.25, 0.3) is 0 Å². The quantitative estimate of drug-likeness (QED) is 0.407. The Labute approximate surface area is 157 Å². The third-order valence-corrected chi connectivity index (χ3v) is 7.38. The third-order valence-electron chi connectivity index (χ3n) is 2.83. The van der Waals surface area contributed by atoms with Crippen LogP contribution in [0.1, 0.15) is 20.8 Å². The molecule has 0 amide bonds. The van der Waals surface area contributed by atoms with Crippen LogP contribution in [0, 0.1) is 0 Å². The summed E-state index contributed by atoms with van der Waals surface area (Å²) in [6.45, 7) is 3.62. The molecule has 0 saturated carbocycles. The summed E-state index contributed by atoms with van der Waals surface area (Å²) >= 11 is 8.99. The second-order valence-electron chi connectivity index (χ2n) is 4.60. The molecule has 0 aliphatic heterocycles. The van der Waals surface area contributed by atoms with Crippen molar-refractivity contribution in [2.24, 2.45) is 0 Å². The van der Waals surface area contributed by atoms with E-state index >= 15 is 0 Å². The van der Waals surface area contributed by atoms with Crippen molar-refractivity contribution >= 4 is 41.8 Å². The predicted octanol–water partition coefficient (Wildman–Crippen LogP) is 5.49. The number of rotatable bonds is 9. The van der Waals surface area contributed by atoms with E-state index in [2.05, 4.69) is 23.8 Å². The second kappa shape index (κ2) is 9.66. The van der Waals surface area contributed by atoms with E-state index < -0.39 is 6.49 Å². The van der Waals surface area contributed by atoms with E-state index in [4.69, 9.17) is 20.9 Å². The summed E-state index contributed by atoms with van der Waals surface area (Å²) in [4.78, 5) is 8.96. The van der Waals surface area contributed by atoms with Crippen molar-refractivity contribution in [2.75, 3.05) is 17.7 Å². The summed E-state index contributed by atoms with van der Waals surface area (Å²) in [6, 6.07) is 11.4. The Bertz CT molecular complexity index is 660. The molecule has 130 valence electrons. The zero-order chi connectivity index (χ0) is 17.4. The Morgan fingerprint density at radius 1 is 0.875 bits per heavy atom. The van der Waals surface area contributed by atoms with Crippen LogP contribution in [0.5, 0.6) is 11.8 Å². The number of hydrogen-bond acceptors (Lipinski definition) is 7. The minimum absolute atomic E-state index is 0.512. The van der Waals surface area contributed by atoms with E-state index in [0.29, 0.717) is 17.9 Å². The van der Waals surface area contributed by atoms with Crippen LogP contribution in [0.2, 0.25) is 0 Å². The summed E-state index contributed by atoms with van der Waals surface area (Å²) in [5, 5.41) is 1.85. The molecule has 0 fully saturated rings. The van der Waals surface area contributed by atoms with Gasteiger partial charge in [0.1, 0.15) is 10.1 Å².